The van der Waals surface area contributed by atoms with E-state index in [2.05, 4.69) is 23.7 Å². The molecule has 1 aliphatic rings. The standard InChI is InChI=1S/C16H18N2O3/c1-10-8-21-9-11(2)18(10)12-3-4-15-14(7-12)13(16(19)20)5-6-17-15/h3-7,10-11H,8-9H2,1-2H3,(H,19,20). The molecule has 1 fully saturated rings. The lowest BCUT2D eigenvalue weighted by atomic mass is 10.1. The van der Waals surface area contributed by atoms with Crippen molar-refractivity contribution in [1.29, 1.82) is 0 Å². The van der Waals surface area contributed by atoms with Crippen LogP contribution in [0.5, 0.6) is 0 Å². The summed E-state index contributed by atoms with van der Waals surface area (Å²) < 4.78 is 5.55. The van der Waals surface area contributed by atoms with Gasteiger partial charge in [0.2, 0.25) is 0 Å². The fourth-order valence-electron chi connectivity index (χ4n) is 2.99. The van der Waals surface area contributed by atoms with Crippen molar-refractivity contribution in [2.75, 3.05) is 18.1 Å². The summed E-state index contributed by atoms with van der Waals surface area (Å²) in [5, 5.41) is 10.0. The third-order valence-corrected chi connectivity index (χ3v) is 3.92. The lowest BCUT2D eigenvalue weighted by Crippen LogP contribution is -2.49. The Bertz CT molecular complexity index is 676. The molecule has 2 heterocycles. The van der Waals surface area contributed by atoms with Gasteiger partial charge in [-0.15, -0.1) is 0 Å². The number of morpholine rings is 1. The highest BCUT2D eigenvalue weighted by atomic mass is 16.5. The summed E-state index contributed by atoms with van der Waals surface area (Å²) in [6.07, 6.45) is 1.53. The lowest BCUT2D eigenvalue weighted by Gasteiger charge is -2.40. The largest absolute Gasteiger partial charge is 0.478 e. The first-order valence-electron chi connectivity index (χ1n) is 7.06. The van der Waals surface area contributed by atoms with Gasteiger partial charge in [0.25, 0.3) is 0 Å². The molecule has 0 amide bonds. The van der Waals surface area contributed by atoms with E-state index in [0.717, 1.165) is 5.69 Å². The maximum absolute atomic E-state index is 11.4. The molecule has 2 atom stereocenters. The van der Waals surface area contributed by atoms with E-state index in [-0.39, 0.29) is 17.6 Å². The Labute approximate surface area is 123 Å². The third-order valence-electron chi connectivity index (χ3n) is 3.92. The van der Waals surface area contributed by atoms with E-state index in [0.29, 0.717) is 24.1 Å². The molecule has 5 heteroatoms. The number of hydrogen-bond donors (Lipinski definition) is 1. The molecule has 2 unspecified atom stereocenters. The van der Waals surface area contributed by atoms with Crippen LogP contribution < -0.4 is 4.90 Å². The number of anilines is 1. The van der Waals surface area contributed by atoms with Crippen molar-refractivity contribution < 1.29 is 14.6 Å². The van der Waals surface area contributed by atoms with Crippen LogP contribution in [0.1, 0.15) is 24.2 Å². The number of carboxylic acids is 1. The number of fused-ring (bicyclic) bond motifs is 1. The quantitative estimate of drug-likeness (QED) is 0.919. The van der Waals surface area contributed by atoms with Gasteiger partial charge in [0.1, 0.15) is 0 Å². The van der Waals surface area contributed by atoms with E-state index in [9.17, 15) is 9.90 Å². The predicted octanol–water partition coefficient (Wildman–Crippen LogP) is 2.55. The summed E-state index contributed by atoms with van der Waals surface area (Å²) in [5.74, 6) is -0.928. The van der Waals surface area contributed by atoms with E-state index >= 15 is 0 Å². The smallest absolute Gasteiger partial charge is 0.336 e. The van der Waals surface area contributed by atoms with Gasteiger partial charge in [-0.2, -0.15) is 0 Å². The number of nitrogens with zero attached hydrogens (tertiary/aromatic N) is 2. The summed E-state index contributed by atoms with van der Waals surface area (Å²) in [6.45, 7) is 5.59. The van der Waals surface area contributed by atoms with Gasteiger partial charge in [-0.1, -0.05) is 0 Å². The average molecular weight is 286 g/mol. The SMILES string of the molecule is CC1COCC(C)N1c1ccc2nccc(C(=O)O)c2c1. The van der Waals surface area contributed by atoms with Crippen molar-refractivity contribution in [2.45, 2.75) is 25.9 Å². The lowest BCUT2D eigenvalue weighted by molar-refractivity contribution is 0.0699. The number of hydrogen-bond acceptors (Lipinski definition) is 4. The minimum atomic E-state index is -0.928. The van der Waals surface area contributed by atoms with Gasteiger partial charge in [0.15, 0.2) is 0 Å². The monoisotopic (exact) mass is 286 g/mol. The van der Waals surface area contributed by atoms with E-state index in [1.807, 2.05) is 18.2 Å². The molecule has 1 aromatic heterocycles. The molecule has 0 saturated carbocycles. The summed E-state index contributed by atoms with van der Waals surface area (Å²) in [5.41, 5.74) is 2.00. The molecule has 0 radical (unpaired) electrons. The minimum Gasteiger partial charge on any atom is -0.478 e. The first-order chi connectivity index (χ1) is 10.1. The summed E-state index contributed by atoms with van der Waals surface area (Å²) >= 11 is 0. The molecule has 2 aromatic rings. The zero-order chi connectivity index (χ0) is 15.0. The topological polar surface area (TPSA) is 62.7 Å². The second kappa shape index (κ2) is 5.33. The van der Waals surface area contributed by atoms with Crippen LogP contribution in [-0.2, 0) is 4.74 Å². The maximum Gasteiger partial charge on any atom is 0.336 e. The van der Waals surface area contributed by atoms with Gasteiger partial charge in [-0.05, 0) is 38.1 Å². The first-order valence-corrected chi connectivity index (χ1v) is 7.06. The summed E-state index contributed by atoms with van der Waals surface area (Å²) in [7, 11) is 0. The normalized spacial score (nSPS) is 22.5. The van der Waals surface area contributed by atoms with Crippen molar-refractivity contribution in [3.63, 3.8) is 0 Å². The van der Waals surface area contributed by atoms with E-state index in [4.69, 9.17) is 4.74 Å². The van der Waals surface area contributed by atoms with Crippen molar-refractivity contribution in [3.05, 3.63) is 36.0 Å². The molecule has 0 bridgehead atoms. The first kappa shape index (κ1) is 13.8. The van der Waals surface area contributed by atoms with E-state index in [1.165, 1.54) is 6.20 Å². The van der Waals surface area contributed by atoms with Gasteiger partial charge in [-0.3, -0.25) is 4.98 Å². The Morgan fingerprint density at radius 3 is 2.67 bits per heavy atom. The highest BCUT2D eigenvalue weighted by molar-refractivity contribution is 6.03. The fourth-order valence-corrected chi connectivity index (χ4v) is 2.99. The molecule has 1 aromatic carbocycles. The van der Waals surface area contributed by atoms with Gasteiger partial charge in [0.05, 0.1) is 24.3 Å². The van der Waals surface area contributed by atoms with Gasteiger partial charge in [-0.25, -0.2) is 4.79 Å². The molecular formula is C16H18N2O3. The van der Waals surface area contributed by atoms with Crippen molar-refractivity contribution in [1.82, 2.24) is 4.98 Å². The Balaban J connectivity index is 2.11. The molecule has 5 nitrogen and oxygen atoms in total. The Morgan fingerprint density at radius 2 is 2.00 bits per heavy atom. The number of aromatic carboxylic acids is 1. The number of aromatic nitrogens is 1. The van der Waals surface area contributed by atoms with Crippen molar-refractivity contribution in [3.8, 4) is 0 Å². The Kier molecular flexibility index (Phi) is 3.51. The van der Waals surface area contributed by atoms with Crippen LogP contribution in [0, 0.1) is 0 Å². The number of benzene rings is 1. The van der Waals surface area contributed by atoms with E-state index < -0.39 is 5.97 Å². The second-order valence-corrected chi connectivity index (χ2v) is 5.51. The summed E-state index contributed by atoms with van der Waals surface area (Å²) in [4.78, 5) is 17.9. The predicted molar refractivity (Wildman–Crippen MR) is 80.9 cm³/mol. The zero-order valence-electron chi connectivity index (χ0n) is 12.1. The van der Waals surface area contributed by atoms with Gasteiger partial charge >= 0.3 is 5.97 Å². The molecule has 21 heavy (non-hydrogen) atoms. The molecule has 1 aliphatic heterocycles. The van der Waals surface area contributed by atoms with Crippen molar-refractivity contribution in [2.24, 2.45) is 0 Å². The fraction of sp³-hybridized carbons (Fsp3) is 0.375. The number of carbonyl (C=O) groups is 1. The van der Waals surface area contributed by atoms with Crippen molar-refractivity contribution >= 4 is 22.6 Å². The van der Waals surface area contributed by atoms with E-state index in [1.54, 1.807) is 6.07 Å². The van der Waals surface area contributed by atoms with Crippen LogP contribution in [0.15, 0.2) is 30.5 Å². The Hall–Kier alpha value is -2.14. The molecule has 3 rings (SSSR count). The van der Waals surface area contributed by atoms with Crippen LogP contribution in [0.3, 0.4) is 0 Å². The van der Waals surface area contributed by atoms with Crippen LogP contribution in [0.2, 0.25) is 0 Å². The Morgan fingerprint density at radius 1 is 1.29 bits per heavy atom. The molecule has 1 saturated heterocycles. The maximum atomic E-state index is 11.4. The highest BCUT2D eigenvalue weighted by Gasteiger charge is 2.26. The van der Waals surface area contributed by atoms with Crippen LogP contribution in [0.25, 0.3) is 10.9 Å². The number of pyridine rings is 1. The molecule has 1 N–H and O–H groups in total. The van der Waals surface area contributed by atoms with Crippen LogP contribution >= 0.6 is 0 Å². The van der Waals surface area contributed by atoms with Crippen LogP contribution in [0.4, 0.5) is 5.69 Å². The highest BCUT2D eigenvalue weighted by Crippen LogP contribution is 2.28. The number of carboxylic acid groups (broad SMARTS) is 1. The third kappa shape index (κ3) is 2.45. The average Bonchev–Trinajstić information content (AvgIpc) is 2.46. The number of ether oxygens (including phenoxy) is 1. The van der Waals surface area contributed by atoms with Gasteiger partial charge < -0.3 is 14.7 Å². The zero-order valence-corrected chi connectivity index (χ0v) is 12.1. The molecular weight excluding hydrogens is 268 g/mol. The number of rotatable bonds is 2. The molecule has 0 aliphatic carbocycles. The summed E-state index contributed by atoms with van der Waals surface area (Å²) in [6, 6.07) is 7.86. The molecule has 0 spiro atoms. The molecule has 110 valence electrons. The van der Waals surface area contributed by atoms with Gasteiger partial charge in [0, 0.05) is 29.4 Å². The van der Waals surface area contributed by atoms with Crippen LogP contribution in [-0.4, -0.2) is 41.4 Å². The second-order valence-electron chi connectivity index (χ2n) is 5.51. The minimum absolute atomic E-state index is 0.260.